The van der Waals surface area contributed by atoms with Crippen LogP contribution in [0, 0.1) is 6.92 Å². The second-order valence-corrected chi connectivity index (χ2v) is 4.89. The van der Waals surface area contributed by atoms with E-state index in [0.29, 0.717) is 6.04 Å². The monoisotopic (exact) mass is 229 g/mol. The van der Waals surface area contributed by atoms with Crippen LogP contribution < -0.4 is 5.32 Å². The Morgan fingerprint density at radius 2 is 2.36 bits per heavy atom. The Balaban J connectivity index is 2.89. The molecule has 3 heteroatoms. The molecule has 1 heterocycles. The van der Waals surface area contributed by atoms with Crippen molar-refractivity contribution in [1.82, 2.24) is 5.32 Å². The number of halogens is 1. The molecule has 1 unspecified atom stereocenters. The molecule has 1 atom stereocenters. The molecule has 1 aromatic rings. The van der Waals surface area contributed by atoms with Crippen LogP contribution in [0.3, 0.4) is 0 Å². The lowest BCUT2D eigenvalue weighted by molar-refractivity contribution is 0.600. The fourth-order valence-electron chi connectivity index (χ4n) is 1.36. The van der Waals surface area contributed by atoms with Crippen molar-refractivity contribution in [2.24, 2.45) is 0 Å². The minimum Gasteiger partial charge on any atom is -0.312 e. The molecule has 0 aliphatic carbocycles. The third kappa shape index (κ3) is 2.59. The number of rotatable bonds is 4. The number of hydrogen-bond acceptors (Lipinski definition) is 2. The number of aryl methyl sites for hydroxylation is 1. The fraction of sp³-hybridized carbons (Fsp3) is 0.455. The number of nitrogens with one attached hydrogen (secondary N) is 1. The Hall–Kier alpha value is -0.310. The van der Waals surface area contributed by atoms with Crippen LogP contribution in [0.4, 0.5) is 0 Å². The van der Waals surface area contributed by atoms with Crippen molar-refractivity contribution < 1.29 is 0 Å². The molecule has 0 saturated carbocycles. The molecule has 0 fully saturated rings. The van der Waals surface area contributed by atoms with Gasteiger partial charge in [-0.15, -0.1) is 17.9 Å². The van der Waals surface area contributed by atoms with Gasteiger partial charge < -0.3 is 5.32 Å². The second-order valence-electron chi connectivity index (χ2n) is 3.60. The molecule has 0 aliphatic rings. The summed E-state index contributed by atoms with van der Waals surface area (Å²) >= 11 is 7.92. The van der Waals surface area contributed by atoms with Crippen molar-refractivity contribution in [2.75, 3.05) is 7.05 Å². The minimum atomic E-state index is 0.304. The molecule has 1 rings (SSSR count). The Labute approximate surface area is 94.8 Å². The van der Waals surface area contributed by atoms with Crippen molar-refractivity contribution in [2.45, 2.75) is 26.3 Å². The summed E-state index contributed by atoms with van der Waals surface area (Å²) in [5.41, 5.74) is 2.33. The van der Waals surface area contributed by atoms with Crippen LogP contribution in [0.25, 0.3) is 0 Å². The van der Waals surface area contributed by atoms with Gasteiger partial charge in [-0.05, 0) is 38.3 Å². The lowest BCUT2D eigenvalue weighted by Crippen LogP contribution is -2.15. The second kappa shape index (κ2) is 4.96. The third-order valence-corrected chi connectivity index (χ3v) is 3.97. The van der Waals surface area contributed by atoms with Crippen LogP contribution in [-0.2, 0) is 0 Å². The van der Waals surface area contributed by atoms with Crippen LogP contribution >= 0.6 is 22.9 Å². The molecule has 0 aliphatic heterocycles. The van der Waals surface area contributed by atoms with E-state index in [1.54, 1.807) is 11.3 Å². The minimum absolute atomic E-state index is 0.304. The van der Waals surface area contributed by atoms with Crippen molar-refractivity contribution in [3.8, 4) is 0 Å². The molecule has 14 heavy (non-hydrogen) atoms. The lowest BCUT2D eigenvalue weighted by atomic mass is 10.1. The van der Waals surface area contributed by atoms with Crippen LogP contribution in [-0.4, -0.2) is 7.05 Å². The molecule has 0 bridgehead atoms. The van der Waals surface area contributed by atoms with Crippen molar-refractivity contribution in [3.05, 3.63) is 33.0 Å². The van der Waals surface area contributed by atoms with Gasteiger partial charge in [-0.2, -0.15) is 0 Å². The van der Waals surface area contributed by atoms with Gasteiger partial charge >= 0.3 is 0 Å². The van der Waals surface area contributed by atoms with Gasteiger partial charge in [0.1, 0.15) is 0 Å². The summed E-state index contributed by atoms with van der Waals surface area (Å²) in [5, 5.41) is 6.27. The van der Waals surface area contributed by atoms with Gasteiger partial charge in [-0.1, -0.05) is 17.2 Å². The summed E-state index contributed by atoms with van der Waals surface area (Å²) in [6.45, 7) is 8.00. The van der Waals surface area contributed by atoms with Crippen molar-refractivity contribution in [1.29, 1.82) is 0 Å². The van der Waals surface area contributed by atoms with Crippen molar-refractivity contribution in [3.63, 3.8) is 0 Å². The topological polar surface area (TPSA) is 12.0 Å². The van der Waals surface area contributed by atoms with E-state index in [1.807, 2.05) is 20.9 Å². The van der Waals surface area contributed by atoms with Crippen LogP contribution in [0.5, 0.6) is 0 Å². The highest BCUT2D eigenvalue weighted by Crippen LogP contribution is 2.34. The molecule has 0 aromatic carbocycles. The first-order valence-corrected chi connectivity index (χ1v) is 5.87. The quantitative estimate of drug-likeness (QED) is 0.772. The summed E-state index contributed by atoms with van der Waals surface area (Å²) in [6, 6.07) is 0.304. The summed E-state index contributed by atoms with van der Waals surface area (Å²) in [5.74, 6) is 0. The average Bonchev–Trinajstić information content (AvgIpc) is 2.44. The summed E-state index contributed by atoms with van der Waals surface area (Å²) < 4.78 is 0. The standard InChI is InChI=1S/C11H16ClNS/c1-7(2)5-9(13-4)11-10(12)8(3)6-14-11/h6,9,13H,1,5H2,2-4H3. The smallest absolute Gasteiger partial charge is 0.0590 e. The van der Waals surface area contributed by atoms with Gasteiger partial charge in [0, 0.05) is 10.9 Å². The lowest BCUT2D eigenvalue weighted by Gasteiger charge is -2.15. The van der Waals surface area contributed by atoms with Gasteiger partial charge in [0.05, 0.1) is 5.02 Å². The molecule has 0 amide bonds. The van der Waals surface area contributed by atoms with E-state index in [-0.39, 0.29) is 0 Å². The summed E-state index contributed by atoms with van der Waals surface area (Å²) in [6.07, 6.45) is 0.941. The first kappa shape index (κ1) is 11.8. The molecule has 0 radical (unpaired) electrons. The SMILES string of the molecule is C=C(C)CC(NC)c1scc(C)c1Cl. The molecule has 78 valence electrons. The summed E-state index contributed by atoms with van der Waals surface area (Å²) in [7, 11) is 1.96. The molecule has 0 saturated heterocycles. The van der Waals surface area contributed by atoms with Gasteiger partial charge in [0.25, 0.3) is 0 Å². The molecule has 0 spiro atoms. The zero-order chi connectivity index (χ0) is 10.7. The van der Waals surface area contributed by atoms with Gasteiger partial charge in [-0.3, -0.25) is 0 Å². The van der Waals surface area contributed by atoms with Gasteiger partial charge in [0.2, 0.25) is 0 Å². The van der Waals surface area contributed by atoms with Crippen LogP contribution in [0.1, 0.15) is 29.8 Å². The molecular weight excluding hydrogens is 214 g/mol. The Morgan fingerprint density at radius 1 is 1.71 bits per heavy atom. The molecule has 1 N–H and O–H groups in total. The first-order valence-electron chi connectivity index (χ1n) is 4.61. The maximum atomic E-state index is 6.21. The maximum absolute atomic E-state index is 6.21. The van der Waals surface area contributed by atoms with E-state index >= 15 is 0 Å². The van der Waals surface area contributed by atoms with Crippen molar-refractivity contribution >= 4 is 22.9 Å². The molecular formula is C11H16ClNS. The molecule has 1 aromatic heterocycles. The zero-order valence-corrected chi connectivity index (χ0v) is 10.4. The van der Waals surface area contributed by atoms with E-state index in [2.05, 4.69) is 17.3 Å². The Bertz CT molecular complexity index is 330. The predicted octanol–water partition coefficient (Wildman–Crippen LogP) is 3.94. The highest BCUT2D eigenvalue weighted by atomic mass is 35.5. The van der Waals surface area contributed by atoms with Gasteiger partial charge in [0.15, 0.2) is 0 Å². The van der Waals surface area contributed by atoms with Crippen LogP contribution in [0.2, 0.25) is 5.02 Å². The van der Waals surface area contributed by atoms with E-state index in [0.717, 1.165) is 17.0 Å². The first-order chi connectivity index (χ1) is 6.56. The van der Waals surface area contributed by atoms with E-state index in [1.165, 1.54) is 10.5 Å². The van der Waals surface area contributed by atoms with E-state index < -0.39 is 0 Å². The third-order valence-electron chi connectivity index (χ3n) is 2.14. The van der Waals surface area contributed by atoms with Gasteiger partial charge in [-0.25, -0.2) is 0 Å². The Kier molecular flexibility index (Phi) is 4.17. The summed E-state index contributed by atoms with van der Waals surface area (Å²) in [4.78, 5) is 1.22. The highest BCUT2D eigenvalue weighted by Gasteiger charge is 2.16. The van der Waals surface area contributed by atoms with Crippen LogP contribution in [0.15, 0.2) is 17.5 Å². The highest BCUT2D eigenvalue weighted by molar-refractivity contribution is 7.10. The Morgan fingerprint density at radius 3 is 2.71 bits per heavy atom. The van der Waals surface area contributed by atoms with E-state index in [9.17, 15) is 0 Å². The fourth-order valence-corrected chi connectivity index (χ4v) is 2.80. The number of thiophene rings is 1. The number of hydrogen-bond donors (Lipinski definition) is 1. The zero-order valence-electron chi connectivity index (χ0n) is 8.86. The van der Waals surface area contributed by atoms with E-state index in [4.69, 9.17) is 11.6 Å². The predicted molar refractivity (Wildman–Crippen MR) is 65.3 cm³/mol. The maximum Gasteiger partial charge on any atom is 0.0590 e. The molecule has 1 nitrogen and oxygen atoms in total. The largest absolute Gasteiger partial charge is 0.312 e. The normalized spacial score (nSPS) is 12.9. The average molecular weight is 230 g/mol.